The zero-order chi connectivity index (χ0) is 11.2. The molecule has 0 saturated heterocycles. The summed E-state index contributed by atoms with van der Waals surface area (Å²) in [5.41, 5.74) is 4.72. The Balaban J connectivity index is 3.96. The van der Waals surface area contributed by atoms with Crippen LogP contribution in [0, 0.1) is 0 Å². The second kappa shape index (κ2) is 5.55. The van der Waals surface area contributed by atoms with Gasteiger partial charge in [-0.15, -0.1) is 0 Å². The molecule has 0 aliphatic carbocycles. The first-order chi connectivity index (χ1) is 6.37. The number of ether oxygens (including phenoxy) is 1. The number of nitrogens with two attached hydrogens (primary N) is 1. The monoisotopic (exact) mass is 224 g/mol. The predicted molar refractivity (Wildman–Crippen MR) is 47.6 cm³/mol. The van der Waals surface area contributed by atoms with Gasteiger partial charge in [-0.1, -0.05) is 0 Å². The van der Waals surface area contributed by atoms with Gasteiger partial charge >= 0.3 is 5.97 Å². The molecule has 8 heteroatoms. The van der Waals surface area contributed by atoms with Crippen molar-refractivity contribution in [1.29, 1.82) is 0 Å². The van der Waals surface area contributed by atoms with Crippen molar-refractivity contribution in [2.24, 2.45) is 5.73 Å². The van der Waals surface area contributed by atoms with Gasteiger partial charge in [-0.05, 0) is 0 Å². The Hall–Kier alpha value is -1.15. The average Bonchev–Trinajstić information content (AvgIpc) is 2.11. The summed E-state index contributed by atoms with van der Waals surface area (Å²) >= 11 is 0. The van der Waals surface area contributed by atoms with Crippen LogP contribution in [0.4, 0.5) is 0 Å². The molecule has 82 valence electrons. The minimum absolute atomic E-state index is 0.259. The van der Waals surface area contributed by atoms with Crippen molar-refractivity contribution in [2.45, 2.75) is 6.42 Å². The number of sulfonamides is 1. The number of rotatable bonds is 6. The number of carbonyl (C=O) groups excluding carboxylic acids is 2. The number of amides is 1. The number of esters is 1. The number of nitrogens with one attached hydrogen (secondary N) is 1. The SMILES string of the molecule is COC(=O)CCS(=O)(=O)NCC(N)=O. The largest absolute Gasteiger partial charge is 0.469 e. The summed E-state index contributed by atoms with van der Waals surface area (Å²) in [7, 11) is -2.47. The molecule has 0 heterocycles. The van der Waals surface area contributed by atoms with Gasteiger partial charge in [-0.2, -0.15) is 0 Å². The standard InChI is InChI=1S/C6H12N2O5S/c1-13-6(10)2-3-14(11,12)8-4-5(7)9/h8H,2-4H2,1H3,(H2,7,9). The lowest BCUT2D eigenvalue weighted by molar-refractivity contribution is -0.140. The van der Waals surface area contributed by atoms with E-state index in [-0.39, 0.29) is 6.42 Å². The lowest BCUT2D eigenvalue weighted by Gasteiger charge is -2.03. The fraction of sp³-hybridized carbons (Fsp3) is 0.667. The van der Waals surface area contributed by atoms with Gasteiger partial charge in [-0.25, -0.2) is 13.1 Å². The van der Waals surface area contributed by atoms with Gasteiger partial charge < -0.3 is 10.5 Å². The van der Waals surface area contributed by atoms with Crippen LogP contribution < -0.4 is 10.5 Å². The minimum Gasteiger partial charge on any atom is -0.469 e. The quantitative estimate of drug-likeness (QED) is 0.504. The van der Waals surface area contributed by atoms with Crippen LogP contribution in [0.25, 0.3) is 0 Å². The topological polar surface area (TPSA) is 116 Å². The van der Waals surface area contributed by atoms with Crippen LogP contribution in [0.15, 0.2) is 0 Å². The van der Waals surface area contributed by atoms with E-state index in [1.807, 2.05) is 4.72 Å². The normalized spacial score (nSPS) is 10.9. The van der Waals surface area contributed by atoms with Gasteiger partial charge in [-0.3, -0.25) is 9.59 Å². The van der Waals surface area contributed by atoms with Crippen molar-refractivity contribution < 1.29 is 22.7 Å². The summed E-state index contributed by atoms with van der Waals surface area (Å²) in [5.74, 6) is -1.84. The van der Waals surface area contributed by atoms with Crippen LogP contribution in [-0.4, -0.2) is 39.7 Å². The third-order valence-electron chi connectivity index (χ3n) is 1.27. The fourth-order valence-corrected chi connectivity index (χ4v) is 1.51. The number of hydrogen-bond donors (Lipinski definition) is 2. The number of primary amides is 1. The van der Waals surface area contributed by atoms with E-state index in [2.05, 4.69) is 4.74 Å². The molecule has 0 aliphatic heterocycles. The second-order valence-electron chi connectivity index (χ2n) is 2.43. The fourth-order valence-electron chi connectivity index (χ4n) is 0.573. The zero-order valence-corrected chi connectivity index (χ0v) is 8.46. The first kappa shape index (κ1) is 12.8. The lowest BCUT2D eigenvalue weighted by Crippen LogP contribution is -2.35. The van der Waals surface area contributed by atoms with E-state index in [4.69, 9.17) is 5.73 Å². The Morgan fingerprint density at radius 1 is 1.43 bits per heavy atom. The van der Waals surface area contributed by atoms with E-state index < -0.39 is 34.2 Å². The summed E-state index contributed by atoms with van der Waals surface area (Å²) in [6, 6.07) is 0. The molecular formula is C6H12N2O5S. The third kappa shape index (κ3) is 6.38. The first-order valence-electron chi connectivity index (χ1n) is 3.70. The number of methoxy groups -OCH3 is 1. The Bertz CT molecular complexity index is 310. The molecule has 0 bridgehead atoms. The molecule has 0 spiro atoms. The van der Waals surface area contributed by atoms with Gasteiger partial charge in [0.1, 0.15) is 0 Å². The molecule has 0 radical (unpaired) electrons. The Morgan fingerprint density at radius 2 is 2.00 bits per heavy atom. The molecule has 0 aromatic rings. The molecule has 0 aliphatic rings. The van der Waals surface area contributed by atoms with Gasteiger partial charge in [0, 0.05) is 0 Å². The van der Waals surface area contributed by atoms with E-state index in [9.17, 15) is 18.0 Å². The summed E-state index contributed by atoms with van der Waals surface area (Å²) < 4.78 is 28.2. The van der Waals surface area contributed by atoms with Crippen molar-refractivity contribution >= 4 is 21.9 Å². The maximum absolute atomic E-state index is 11.0. The second-order valence-corrected chi connectivity index (χ2v) is 4.36. The van der Waals surface area contributed by atoms with Crippen molar-refractivity contribution in [3.8, 4) is 0 Å². The van der Waals surface area contributed by atoms with E-state index in [0.717, 1.165) is 7.11 Å². The zero-order valence-electron chi connectivity index (χ0n) is 7.65. The molecule has 0 aromatic heterocycles. The highest BCUT2D eigenvalue weighted by Gasteiger charge is 2.13. The van der Waals surface area contributed by atoms with Crippen molar-refractivity contribution in [3.05, 3.63) is 0 Å². The maximum Gasteiger partial charge on any atom is 0.306 e. The summed E-state index contributed by atoms with van der Waals surface area (Å²) in [6.45, 7) is -0.469. The smallest absolute Gasteiger partial charge is 0.306 e. The summed E-state index contributed by atoms with van der Waals surface area (Å²) in [5, 5.41) is 0. The maximum atomic E-state index is 11.0. The van der Waals surface area contributed by atoms with Gasteiger partial charge in [0.2, 0.25) is 15.9 Å². The Morgan fingerprint density at radius 3 is 2.43 bits per heavy atom. The molecule has 0 fully saturated rings. The van der Waals surface area contributed by atoms with Gasteiger partial charge in [0.15, 0.2) is 0 Å². The third-order valence-corrected chi connectivity index (χ3v) is 2.59. The molecule has 0 unspecified atom stereocenters. The highest BCUT2D eigenvalue weighted by Crippen LogP contribution is 1.91. The molecule has 0 saturated carbocycles. The molecule has 1 amide bonds. The Labute approximate surface area is 81.7 Å². The van der Waals surface area contributed by atoms with Crippen molar-refractivity contribution in [3.63, 3.8) is 0 Å². The Kier molecular flexibility index (Phi) is 5.10. The van der Waals surface area contributed by atoms with Crippen LogP contribution in [0.3, 0.4) is 0 Å². The average molecular weight is 224 g/mol. The number of hydrogen-bond acceptors (Lipinski definition) is 5. The van der Waals surface area contributed by atoms with E-state index >= 15 is 0 Å². The van der Waals surface area contributed by atoms with Crippen molar-refractivity contribution in [2.75, 3.05) is 19.4 Å². The molecule has 14 heavy (non-hydrogen) atoms. The molecule has 0 rings (SSSR count). The van der Waals surface area contributed by atoms with Crippen LogP contribution in [-0.2, 0) is 24.3 Å². The molecule has 3 N–H and O–H groups in total. The lowest BCUT2D eigenvalue weighted by atomic mass is 10.5. The van der Waals surface area contributed by atoms with Crippen LogP contribution >= 0.6 is 0 Å². The molecule has 0 aromatic carbocycles. The molecule has 0 atom stereocenters. The first-order valence-corrected chi connectivity index (χ1v) is 5.35. The van der Waals surface area contributed by atoms with E-state index in [1.54, 1.807) is 0 Å². The molecule has 7 nitrogen and oxygen atoms in total. The highest BCUT2D eigenvalue weighted by molar-refractivity contribution is 7.89. The summed E-state index contributed by atoms with van der Waals surface area (Å²) in [6.07, 6.45) is -0.259. The van der Waals surface area contributed by atoms with E-state index in [1.165, 1.54) is 0 Å². The van der Waals surface area contributed by atoms with E-state index in [0.29, 0.717) is 0 Å². The van der Waals surface area contributed by atoms with Crippen LogP contribution in [0.2, 0.25) is 0 Å². The molecular weight excluding hydrogens is 212 g/mol. The van der Waals surface area contributed by atoms with Crippen molar-refractivity contribution in [1.82, 2.24) is 4.72 Å². The summed E-state index contributed by atoms with van der Waals surface area (Å²) in [4.78, 5) is 20.8. The van der Waals surface area contributed by atoms with Crippen LogP contribution in [0.5, 0.6) is 0 Å². The van der Waals surface area contributed by atoms with Gasteiger partial charge in [0.25, 0.3) is 0 Å². The van der Waals surface area contributed by atoms with Crippen LogP contribution in [0.1, 0.15) is 6.42 Å². The minimum atomic E-state index is -3.63. The predicted octanol–water partition coefficient (Wildman–Crippen LogP) is -2.05. The highest BCUT2D eigenvalue weighted by atomic mass is 32.2. The van der Waals surface area contributed by atoms with Gasteiger partial charge in [0.05, 0.1) is 25.8 Å². The number of carbonyl (C=O) groups is 2.